The molecule has 0 spiro atoms. The van der Waals surface area contributed by atoms with Gasteiger partial charge >= 0.3 is 0 Å². The summed E-state index contributed by atoms with van der Waals surface area (Å²) in [5, 5.41) is 5.65. The summed E-state index contributed by atoms with van der Waals surface area (Å²) in [7, 11) is 0. The second-order valence-electron chi connectivity index (χ2n) is 5.69. The number of nitrogens with one attached hydrogen (secondary N) is 2. The summed E-state index contributed by atoms with van der Waals surface area (Å²) in [4.78, 5) is 35.2. The van der Waals surface area contributed by atoms with Gasteiger partial charge in [0.2, 0.25) is 5.91 Å². The fraction of sp³-hybridized carbons (Fsp3) is 0.294. The molecule has 0 saturated heterocycles. The van der Waals surface area contributed by atoms with Crippen LogP contribution in [0, 0.1) is 20.8 Å². The Kier molecular flexibility index (Phi) is 4.80. The van der Waals surface area contributed by atoms with E-state index in [9.17, 15) is 9.59 Å². The Bertz CT molecular complexity index is 970. The lowest BCUT2D eigenvalue weighted by Gasteiger charge is -2.06. The maximum absolute atomic E-state index is 12.1. The second kappa shape index (κ2) is 7.02. The molecule has 130 valence electrons. The molecule has 7 nitrogen and oxygen atoms in total. The molecule has 0 fully saturated rings. The van der Waals surface area contributed by atoms with E-state index in [2.05, 4.69) is 20.3 Å². The highest BCUT2D eigenvalue weighted by atomic mass is 32.1. The third-order valence-corrected chi connectivity index (χ3v) is 4.44. The van der Waals surface area contributed by atoms with E-state index in [4.69, 9.17) is 4.42 Å². The zero-order valence-corrected chi connectivity index (χ0v) is 15.0. The van der Waals surface area contributed by atoms with Gasteiger partial charge in [-0.15, -0.1) is 11.3 Å². The fourth-order valence-corrected chi connectivity index (χ4v) is 3.06. The lowest BCUT2D eigenvalue weighted by molar-refractivity contribution is -0.120. The molecule has 0 saturated carbocycles. The average molecular weight is 358 g/mol. The molecular formula is C17H18N4O3S. The lowest BCUT2D eigenvalue weighted by atomic mass is 10.1. The molecular weight excluding hydrogens is 340 g/mol. The average Bonchev–Trinajstić information content (AvgIpc) is 3.17. The first-order valence-corrected chi connectivity index (χ1v) is 8.64. The highest BCUT2D eigenvalue weighted by Gasteiger charge is 2.13. The third-order valence-electron chi connectivity index (χ3n) is 3.67. The Labute approximate surface area is 148 Å². The molecule has 3 aromatic rings. The van der Waals surface area contributed by atoms with Gasteiger partial charge in [-0.05, 0) is 32.9 Å². The molecule has 25 heavy (non-hydrogen) atoms. The van der Waals surface area contributed by atoms with Crippen LogP contribution in [0.1, 0.15) is 27.8 Å². The Balaban J connectivity index is 1.62. The quantitative estimate of drug-likeness (QED) is 0.729. The van der Waals surface area contributed by atoms with Crippen LogP contribution < -0.4 is 10.9 Å². The first kappa shape index (κ1) is 17.1. The van der Waals surface area contributed by atoms with E-state index in [1.165, 1.54) is 0 Å². The second-order valence-corrected chi connectivity index (χ2v) is 6.75. The van der Waals surface area contributed by atoms with Gasteiger partial charge < -0.3 is 14.7 Å². The SMILES string of the molecule is Cc1nc(C)c(CC(=O)NCc2ccc(-c3csc(C)n3)o2)c(=O)[nH]1. The molecule has 0 radical (unpaired) electrons. The Morgan fingerprint density at radius 3 is 2.76 bits per heavy atom. The van der Waals surface area contributed by atoms with E-state index in [1.807, 2.05) is 18.4 Å². The van der Waals surface area contributed by atoms with Crippen LogP contribution in [-0.2, 0) is 17.8 Å². The number of nitrogens with zero attached hydrogens (tertiary/aromatic N) is 2. The van der Waals surface area contributed by atoms with Crippen molar-refractivity contribution in [3.8, 4) is 11.5 Å². The number of amides is 1. The Morgan fingerprint density at radius 2 is 2.08 bits per heavy atom. The van der Waals surface area contributed by atoms with Gasteiger partial charge in [0, 0.05) is 16.6 Å². The monoisotopic (exact) mass is 358 g/mol. The Morgan fingerprint density at radius 1 is 1.28 bits per heavy atom. The zero-order valence-electron chi connectivity index (χ0n) is 14.2. The summed E-state index contributed by atoms with van der Waals surface area (Å²) >= 11 is 1.55. The van der Waals surface area contributed by atoms with Crippen LogP contribution in [0.2, 0.25) is 0 Å². The van der Waals surface area contributed by atoms with E-state index in [1.54, 1.807) is 31.3 Å². The maximum atomic E-state index is 12.1. The maximum Gasteiger partial charge on any atom is 0.254 e. The molecule has 0 aliphatic rings. The largest absolute Gasteiger partial charge is 0.458 e. The van der Waals surface area contributed by atoms with E-state index in [0.717, 1.165) is 10.7 Å². The van der Waals surface area contributed by atoms with Gasteiger partial charge in [-0.25, -0.2) is 9.97 Å². The minimum atomic E-state index is -0.278. The molecule has 0 bridgehead atoms. The zero-order chi connectivity index (χ0) is 18.0. The van der Waals surface area contributed by atoms with Crippen molar-refractivity contribution < 1.29 is 9.21 Å². The van der Waals surface area contributed by atoms with Crippen molar-refractivity contribution in [1.29, 1.82) is 0 Å². The summed E-state index contributed by atoms with van der Waals surface area (Å²) in [5.74, 6) is 1.57. The smallest absolute Gasteiger partial charge is 0.254 e. The van der Waals surface area contributed by atoms with Crippen molar-refractivity contribution in [3.63, 3.8) is 0 Å². The van der Waals surface area contributed by atoms with Gasteiger partial charge in [-0.3, -0.25) is 9.59 Å². The van der Waals surface area contributed by atoms with Crippen LogP contribution >= 0.6 is 11.3 Å². The predicted molar refractivity (Wildman–Crippen MR) is 94.4 cm³/mol. The van der Waals surface area contributed by atoms with Crippen molar-refractivity contribution in [2.24, 2.45) is 0 Å². The molecule has 0 aromatic carbocycles. The van der Waals surface area contributed by atoms with E-state index in [-0.39, 0.29) is 24.4 Å². The van der Waals surface area contributed by atoms with E-state index in [0.29, 0.717) is 28.6 Å². The molecule has 3 rings (SSSR count). The van der Waals surface area contributed by atoms with Crippen LogP contribution in [0.25, 0.3) is 11.5 Å². The number of aromatic amines is 1. The van der Waals surface area contributed by atoms with Gasteiger partial charge in [0.15, 0.2) is 5.76 Å². The van der Waals surface area contributed by atoms with Crippen molar-refractivity contribution >= 4 is 17.2 Å². The first-order valence-electron chi connectivity index (χ1n) is 7.76. The predicted octanol–water partition coefficient (Wildman–Crippen LogP) is 2.27. The van der Waals surface area contributed by atoms with Gasteiger partial charge in [0.1, 0.15) is 17.3 Å². The van der Waals surface area contributed by atoms with Gasteiger partial charge in [-0.2, -0.15) is 0 Å². The standard InChI is InChI=1S/C17H18N4O3S/c1-9-13(17(23)20-10(2)19-9)6-16(22)18-7-12-4-5-15(24-12)14-8-25-11(3)21-14/h4-5,8H,6-7H2,1-3H3,(H,18,22)(H,19,20,23). The molecule has 2 N–H and O–H groups in total. The number of carbonyl (C=O) groups is 1. The molecule has 0 unspecified atom stereocenters. The van der Waals surface area contributed by atoms with Crippen LogP contribution in [0.4, 0.5) is 0 Å². The van der Waals surface area contributed by atoms with Crippen molar-refractivity contribution in [3.05, 3.63) is 55.7 Å². The number of aromatic nitrogens is 3. The van der Waals surface area contributed by atoms with Crippen molar-refractivity contribution in [2.75, 3.05) is 0 Å². The van der Waals surface area contributed by atoms with E-state index < -0.39 is 0 Å². The lowest BCUT2D eigenvalue weighted by Crippen LogP contribution is -2.28. The van der Waals surface area contributed by atoms with E-state index >= 15 is 0 Å². The van der Waals surface area contributed by atoms with Gasteiger partial charge in [0.05, 0.1) is 18.0 Å². The number of aryl methyl sites for hydroxylation is 3. The topological polar surface area (TPSA) is 101 Å². The summed E-state index contributed by atoms with van der Waals surface area (Å²) in [6.07, 6.45) is -0.0205. The minimum absolute atomic E-state index is 0.0205. The first-order chi connectivity index (χ1) is 11.9. The third kappa shape index (κ3) is 4.03. The summed E-state index contributed by atoms with van der Waals surface area (Å²) < 4.78 is 5.70. The van der Waals surface area contributed by atoms with Crippen LogP contribution in [-0.4, -0.2) is 20.9 Å². The number of furan rings is 1. The van der Waals surface area contributed by atoms with Crippen molar-refractivity contribution in [2.45, 2.75) is 33.7 Å². The highest BCUT2D eigenvalue weighted by Crippen LogP contribution is 2.23. The minimum Gasteiger partial charge on any atom is -0.458 e. The normalized spacial score (nSPS) is 10.8. The van der Waals surface area contributed by atoms with Crippen LogP contribution in [0.3, 0.4) is 0 Å². The summed E-state index contributed by atoms with van der Waals surface area (Å²) in [6.45, 7) is 5.61. The summed E-state index contributed by atoms with van der Waals surface area (Å²) in [5.41, 5.74) is 1.45. The molecule has 8 heteroatoms. The van der Waals surface area contributed by atoms with Gasteiger partial charge in [0.25, 0.3) is 5.56 Å². The highest BCUT2D eigenvalue weighted by molar-refractivity contribution is 7.09. The number of hydrogen-bond donors (Lipinski definition) is 2. The molecule has 0 aliphatic carbocycles. The molecule has 3 heterocycles. The fourth-order valence-electron chi connectivity index (χ4n) is 2.46. The number of H-pyrrole nitrogens is 1. The summed E-state index contributed by atoms with van der Waals surface area (Å²) in [6, 6.07) is 3.63. The number of rotatable bonds is 5. The molecule has 1 amide bonds. The molecule has 0 atom stereocenters. The molecule has 0 aliphatic heterocycles. The number of carbonyl (C=O) groups excluding carboxylic acids is 1. The Hall–Kier alpha value is -2.74. The van der Waals surface area contributed by atoms with Crippen molar-refractivity contribution in [1.82, 2.24) is 20.3 Å². The van der Waals surface area contributed by atoms with Crippen LogP contribution in [0.5, 0.6) is 0 Å². The number of thiazole rings is 1. The van der Waals surface area contributed by atoms with Gasteiger partial charge in [-0.1, -0.05) is 0 Å². The van der Waals surface area contributed by atoms with Crippen LogP contribution in [0.15, 0.2) is 26.7 Å². The molecule has 3 aromatic heterocycles. The number of hydrogen-bond acceptors (Lipinski definition) is 6.